The number of piperazine rings is 1. The fourth-order valence-corrected chi connectivity index (χ4v) is 4.64. The molecule has 2 fully saturated rings. The Morgan fingerprint density at radius 3 is 2.64 bits per heavy atom. The second-order valence-electron chi connectivity index (χ2n) is 9.11. The van der Waals surface area contributed by atoms with Gasteiger partial charge in [0.1, 0.15) is 11.5 Å². The third-order valence-corrected chi connectivity index (χ3v) is 6.48. The van der Waals surface area contributed by atoms with Gasteiger partial charge in [-0.25, -0.2) is 0 Å². The SMILES string of the molecule is O=C(CC1C(=O)NCCN1Cc1cccc(Oc2ccccc2)c1)NCC1(O)CCCCC1. The molecule has 33 heavy (non-hydrogen) atoms. The highest BCUT2D eigenvalue weighted by atomic mass is 16.5. The van der Waals surface area contributed by atoms with Crippen LogP contribution >= 0.6 is 0 Å². The van der Waals surface area contributed by atoms with Gasteiger partial charge in [0.2, 0.25) is 11.8 Å². The smallest absolute Gasteiger partial charge is 0.237 e. The van der Waals surface area contributed by atoms with Crippen molar-refractivity contribution in [3.05, 3.63) is 60.2 Å². The van der Waals surface area contributed by atoms with Crippen LogP contribution in [0.15, 0.2) is 54.6 Å². The molecule has 1 atom stereocenters. The number of carbonyl (C=O) groups excluding carboxylic acids is 2. The number of amides is 2. The van der Waals surface area contributed by atoms with Crippen LogP contribution in [0.2, 0.25) is 0 Å². The van der Waals surface area contributed by atoms with E-state index in [1.165, 1.54) is 0 Å². The highest BCUT2D eigenvalue weighted by molar-refractivity contribution is 5.88. The van der Waals surface area contributed by atoms with Crippen LogP contribution in [0.5, 0.6) is 11.5 Å². The fourth-order valence-electron chi connectivity index (χ4n) is 4.64. The Hall–Kier alpha value is -2.90. The fraction of sp³-hybridized carbons (Fsp3) is 0.462. The average molecular weight is 452 g/mol. The lowest BCUT2D eigenvalue weighted by Crippen LogP contribution is -2.56. The van der Waals surface area contributed by atoms with E-state index in [0.29, 0.717) is 32.5 Å². The summed E-state index contributed by atoms with van der Waals surface area (Å²) >= 11 is 0. The lowest BCUT2D eigenvalue weighted by atomic mass is 9.85. The number of para-hydroxylation sites is 1. The minimum absolute atomic E-state index is 0.0715. The van der Waals surface area contributed by atoms with Gasteiger partial charge in [-0.2, -0.15) is 0 Å². The van der Waals surface area contributed by atoms with Gasteiger partial charge in [0.05, 0.1) is 18.1 Å². The first-order valence-corrected chi connectivity index (χ1v) is 11.8. The van der Waals surface area contributed by atoms with Crippen molar-refractivity contribution < 1.29 is 19.4 Å². The van der Waals surface area contributed by atoms with Crippen molar-refractivity contribution in [3.63, 3.8) is 0 Å². The zero-order valence-electron chi connectivity index (χ0n) is 19.0. The van der Waals surface area contributed by atoms with Gasteiger partial charge in [0.15, 0.2) is 0 Å². The molecule has 7 nitrogen and oxygen atoms in total. The molecule has 4 rings (SSSR count). The number of hydrogen-bond donors (Lipinski definition) is 3. The second-order valence-corrected chi connectivity index (χ2v) is 9.11. The Morgan fingerprint density at radius 2 is 1.85 bits per heavy atom. The van der Waals surface area contributed by atoms with Crippen molar-refractivity contribution in [2.45, 2.75) is 56.7 Å². The van der Waals surface area contributed by atoms with Crippen LogP contribution in [0, 0.1) is 0 Å². The number of benzene rings is 2. The van der Waals surface area contributed by atoms with Crippen LogP contribution in [0.4, 0.5) is 0 Å². The molecule has 3 N–H and O–H groups in total. The average Bonchev–Trinajstić information content (AvgIpc) is 2.82. The van der Waals surface area contributed by atoms with Gasteiger partial charge in [-0.1, -0.05) is 49.6 Å². The summed E-state index contributed by atoms with van der Waals surface area (Å²) in [5.74, 6) is 1.16. The Morgan fingerprint density at radius 1 is 1.09 bits per heavy atom. The van der Waals surface area contributed by atoms with E-state index in [0.717, 1.165) is 36.3 Å². The molecule has 0 aromatic heterocycles. The predicted molar refractivity (Wildman–Crippen MR) is 126 cm³/mol. The molecule has 1 saturated carbocycles. The summed E-state index contributed by atoms with van der Waals surface area (Å²) in [6.07, 6.45) is 4.60. The number of ether oxygens (including phenoxy) is 1. The van der Waals surface area contributed by atoms with Gasteiger partial charge < -0.3 is 20.5 Å². The molecule has 0 radical (unpaired) electrons. The molecule has 2 amide bonds. The molecular formula is C26H33N3O4. The Balaban J connectivity index is 1.36. The van der Waals surface area contributed by atoms with E-state index in [1.807, 2.05) is 59.5 Å². The highest BCUT2D eigenvalue weighted by Crippen LogP contribution is 2.27. The predicted octanol–water partition coefficient (Wildman–Crippen LogP) is 2.98. The van der Waals surface area contributed by atoms with Crippen molar-refractivity contribution in [1.29, 1.82) is 0 Å². The third-order valence-electron chi connectivity index (χ3n) is 6.48. The summed E-state index contributed by atoms with van der Waals surface area (Å²) in [6.45, 7) is 2.01. The zero-order chi connectivity index (χ0) is 23.1. The van der Waals surface area contributed by atoms with E-state index < -0.39 is 11.6 Å². The molecule has 1 unspecified atom stereocenters. The van der Waals surface area contributed by atoms with Gasteiger partial charge in [0.25, 0.3) is 0 Å². The van der Waals surface area contributed by atoms with Crippen LogP contribution in [0.25, 0.3) is 0 Å². The van der Waals surface area contributed by atoms with Gasteiger partial charge in [-0.3, -0.25) is 14.5 Å². The van der Waals surface area contributed by atoms with E-state index in [2.05, 4.69) is 10.6 Å². The van der Waals surface area contributed by atoms with E-state index in [-0.39, 0.29) is 24.8 Å². The molecular weight excluding hydrogens is 418 g/mol. The second kappa shape index (κ2) is 10.8. The number of hydrogen-bond acceptors (Lipinski definition) is 5. The van der Waals surface area contributed by atoms with Gasteiger partial charge in [-0.05, 0) is 42.7 Å². The molecule has 176 valence electrons. The molecule has 7 heteroatoms. The first-order valence-electron chi connectivity index (χ1n) is 11.8. The van der Waals surface area contributed by atoms with Crippen molar-refractivity contribution in [3.8, 4) is 11.5 Å². The molecule has 1 heterocycles. The van der Waals surface area contributed by atoms with Crippen molar-refractivity contribution in [2.75, 3.05) is 19.6 Å². The molecule has 0 spiro atoms. The lowest BCUT2D eigenvalue weighted by Gasteiger charge is -2.35. The summed E-state index contributed by atoms with van der Waals surface area (Å²) in [5, 5.41) is 16.4. The van der Waals surface area contributed by atoms with E-state index in [9.17, 15) is 14.7 Å². The minimum Gasteiger partial charge on any atom is -0.457 e. The van der Waals surface area contributed by atoms with Crippen LogP contribution in [-0.2, 0) is 16.1 Å². The summed E-state index contributed by atoms with van der Waals surface area (Å²) in [5.41, 5.74) is 0.196. The number of carbonyl (C=O) groups is 2. The van der Waals surface area contributed by atoms with Crippen molar-refractivity contribution >= 4 is 11.8 Å². The van der Waals surface area contributed by atoms with Crippen molar-refractivity contribution in [2.24, 2.45) is 0 Å². The van der Waals surface area contributed by atoms with Crippen LogP contribution < -0.4 is 15.4 Å². The van der Waals surface area contributed by atoms with E-state index in [4.69, 9.17) is 4.74 Å². The lowest BCUT2D eigenvalue weighted by molar-refractivity contribution is -0.134. The summed E-state index contributed by atoms with van der Waals surface area (Å²) < 4.78 is 5.93. The largest absolute Gasteiger partial charge is 0.457 e. The highest BCUT2D eigenvalue weighted by Gasteiger charge is 2.33. The Bertz CT molecular complexity index is 944. The number of nitrogens with one attached hydrogen (secondary N) is 2. The zero-order valence-corrected chi connectivity index (χ0v) is 19.0. The van der Waals surface area contributed by atoms with Gasteiger partial charge in [-0.15, -0.1) is 0 Å². The summed E-state index contributed by atoms with van der Waals surface area (Å²) in [7, 11) is 0. The Kier molecular flexibility index (Phi) is 7.62. The van der Waals surface area contributed by atoms with Gasteiger partial charge in [0, 0.05) is 26.2 Å². The first kappa shape index (κ1) is 23.3. The maximum Gasteiger partial charge on any atom is 0.237 e. The maximum atomic E-state index is 12.6. The third kappa shape index (κ3) is 6.55. The first-order chi connectivity index (χ1) is 16.0. The minimum atomic E-state index is -0.818. The molecule has 1 aliphatic heterocycles. The summed E-state index contributed by atoms with van der Waals surface area (Å²) in [4.78, 5) is 27.3. The normalized spacial score (nSPS) is 20.6. The molecule has 0 bridgehead atoms. The van der Waals surface area contributed by atoms with E-state index in [1.54, 1.807) is 0 Å². The quantitative estimate of drug-likeness (QED) is 0.574. The van der Waals surface area contributed by atoms with Gasteiger partial charge >= 0.3 is 0 Å². The molecule has 2 aliphatic rings. The Labute approximate surface area is 195 Å². The topological polar surface area (TPSA) is 90.9 Å². The van der Waals surface area contributed by atoms with E-state index >= 15 is 0 Å². The maximum absolute atomic E-state index is 12.6. The van der Waals surface area contributed by atoms with Crippen LogP contribution in [0.1, 0.15) is 44.1 Å². The number of aliphatic hydroxyl groups is 1. The number of rotatable bonds is 8. The van der Waals surface area contributed by atoms with Crippen LogP contribution in [0.3, 0.4) is 0 Å². The molecule has 2 aromatic rings. The monoisotopic (exact) mass is 451 g/mol. The summed E-state index contributed by atoms with van der Waals surface area (Å²) in [6, 6.07) is 16.9. The standard InChI is InChI=1S/C26H33N3O4/c30-24(28-19-26(32)12-5-2-6-13-26)17-23-25(31)27-14-15-29(23)18-20-8-7-11-22(16-20)33-21-9-3-1-4-10-21/h1,3-4,7-11,16,23,32H,2,5-6,12-15,17-19H2,(H,27,31)(H,28,30). The molecule has 1 aliphatic carbocycles. The van der Waals surface area contributed by atoms with Crippen LogP contribution in [-0.4, -0.2) is 53.1 Å². The van der Waals surface area contributed by atoms with Crippen molar-refractivity contribution in [1.82, 2.24) is 15.5 Å². The molecule has 2 aromatic carbocycles. The number of nitrogens with zero attached hydrogens (tertiary/aromatic N) is 1. The molecule has 1 saturated heterocycles.